The number of hydrogen-bond acceptors (Lipinski definition) is 6. The van der Waals surface area contributed by atoms with Crippen LogP contribution < -0.4 is 14.4 Å². The van der Waals surface area contributed by atoms with E-state index in [0.29, 0.717) is 55.3 Å². The maximum absolute atomic E-state index is 13.7. The summed E-state index contributed by atoms with van der Waals surface area (Å²) in [6.07, 6.45) is 5.79. The zero-order chi connectivity index (χ0) is 32.1. The maximum atomic E-state index is 13.7. The molecule has 1 unspecified atom stereocenters. The number of aliphatic hydroxyl groups is 1. The predicted molar refractivity (Wildman–Crippen MR) is 179 cm³/mol. The zero-order valence-corrected chi connectivity index (χ0v) is 27.8. The van der Waals surface area contributed by atoms with Crippen LogP contribution in [0.5, 0.6) is 5.75 Å². The van der Waals surface area contributed by atoms with Crippen LogP contribution in [-0.2, 0) is 26.3 Å². The van der Waals surface area contributed by atoms with Gasteiger partial charge in [0, 0.05) is 34.3 Å². The summed E-state index contributed by atoms with van der Waals surface area (Å²) < 4.78 is 23.0. The van der Waals surface area contributed by atoms with E-state index in [2.05, 4.69) is 27.6 Å². The first-order valence-corrected chi connectivity index (χ1v) is 18.4. The van der Waals surface area contributed by atoms with Crippen molar-refractivity contribution in [3.63, 3.8) is 0 Å². The molecule has 2 heterocycles. The minimum Gasteiger partial charge on any atom is -0.490 e. The highest BCUT2D eigenvalue weighted by Crippen LogP contribution is 2.49. The summed E-state index contributed by atoms with van der Waals surface area (Å²) in [5.41, 5.74) is 1.95. The van der Waals surface area contributed by atoms with Crippen LogP contribution >= 0.6 is 11.6 Å². The molecule has 0 radical (unpaired) electrons. The summed E-state index contributed by atoms with van der Waals surface area (Å²) in [7, 11) is -3.00. The van der Waals surface area contributed by atoms with Gasteiger partial charge in [-0.2, -0.15) is 0 Å². The van der Waals surface area contributed by atoms with Crippen LogP contribution in [0.2, 0.25) is 5.02 Å². The first kappa shape index (κ1) is 32.2. The van der Waals surface area contributed by atoms with Gasteiger partial charge in [0.2, 0.25) is 0 Å². The van der Waals surface area contributed by atoms with Crippen LogP contribution in [0.15, 0.2) is 36.4 Å². The topological polar surface area (TPSA) is 116 Å². The van der Waals surface area contributed by atoms with Crippen LogP contribution in [0, 0.1) is 17.8 Å². The quantitative estimate of drug-likeness (QED) is 0.360. The number of benzene rings is 2. The Morgan fingerprint density at radius 3 is 2.69 bits per heavy atom. The minimum absolute atomic E-state index is 0.0603. The summed E-state index contributed by atoms with van der Waals surface area (Å²) >= 11 is 6.41. The van der Waals surface area contributed by atoms with Gasteiger partial charge in [-0.3, -0.25) is 14.3 Å². The summed E-state index contributed by atoms with van der Waals surface area (Å²) in [5, 5.41) is 22.1. The Morgan fingerprint density at radius 2 is 1.96 bits per heavy atom. The second-order valence-electron chi connectivity index (χ2n) is 14.1. The number of hydrogen-bond donors (Lipinski definition) is 3. The van der Waals surface area contributed by atoms with E-state index in [9.17, 15) is 24.0 Å². The first-order chi connectivity index (χ1) is 21.3. The number of anilines is 1. The van der Waals surface area contributed by atoms with E-state index in [-0.39, 0.29) is 29.6 Å². The van der Waals surface area contributed by atoms with Crippen LogP contribution in [0.1, 0.15) is 86.7 Å². The number of carboxylic acid groups (broad SMARTS) is 1. The second-order valence-corrected chi connectivity index (χ2v) is 17.0. The minimum atomic E-state index is -3.00. The molecule has 1 saturated carbocycles. The van der Waals surface area contributed by atoms with Gasteiger partial charge in [-0.1, -0.05) is 31.0 Å². The number of carbonyl (C=O) groups is 2. The molecule has 10 heteroatoms. The second kappa shape index (κ2) is 12.1. The Labute approximate surface area is 271 Å². The van der Waals surface area contributed by atoms with Gasteiger partial charge in [0.25, 0.3) is 5.91 Å². The summed E-state index contributed by atoms with van der Waals surface area (Å²) in [5.74, 6) is 3.02. The van der Waals surface area contributed by atoms with Crippen molar-refractivity contribution in [3.8, 4) is 5.75 Å². The van der Waals surface area contributed by atoms with Crippen molar-refractivity contribution in [1.82, 2.24) is 4.72 Å². The number of ether oxygens (including phenoxy) is 1. The highest BCUT2D eigenvalue weighted by molar-refractivity contribution is 7.99. The standard InChI is InChI=1S/C35H45ClN2O6S/c1-22-6-4-15-35(42,18-32(39)40)29-11-8-26(29)19-38-20-34(14-5-7-24-16-27(36)10-12-28(24)34)21-44-31-13-9-25(17-30(31)38)33(41)37-45(3,43)23(22)2/h9-10,12-13,16-17,22-23,26,29,42H,3-8,11,14-15,18-21H2,1-2H3,(H,39,40)(H,37,41,43)/t22-,23+,26-,29+,34-,35+,45?/m0/s1. The molecule has 8 nitrogen and oxygen atoms in total. The number of aryl methyl sites for hydroxylation is 1. The van der Waals surface area contributed by atoms with Crippen LogP contribution in [0.4, 0.5) is 5.69 Å². The Kier molecular flexibility index (Phi) is 8.67. The number of nitrogens with zero attached hydrogens (tertiary/aromatic N) is 1. The lowest BCUT2D eigenvalue weighted by atomic mass is 9.62. The lowest BCUT2D eigenvalue weighted by Crippen LogP contribution is -2.53. The number of carboxylic acids is 1. The fraction of sp³-hybridized carbons (Fsp3) is 0.571. The molecular weight excluding hydrogens is 612 g/mol. The largest absolute Gasteiger partial charge is 0.490 e. The van der Waals surface area contributed by atoms with Gasteiger partial charge in [-0.15, -0.1) is 0 Å². The fourth-order valence-corrected chi connectivity index (χ4v) is 10.0. The number of fused-ring (bicyclic) bond motifs is 4. The number of rotatable bonds is 2. The summed E-state index contributed by atoms with van der Waals surface area (Å²) in [6.45, 7) is 5.50. The summed E-state index contributed by atoms with van der Waals surface area (Å²) in [4.78, 5) is 27.9. The molecule has 1 fully saturated rings. The van der Waals surface area contributed by atoms with Crippen molar-refractivity contribution in [2.75, 3.05) is 24.6 Å². The average Bonchev–Trinajstić information content (AvgIpc) is 3.10. The van der Waals surface area contributed by atoms with E-state index in [0.717, 1.165) is 37.8 Å². The molecule has 7 atom stereocenters. The van der Waals surface area contributed by atoms with Gasteiger partial charge in [0.15, 0.2) is 0 Å². The van der Waals surface area contributed by atoms with Crippen molar-refractivity contribution in [2.24, 2.45) is 17.8 Å². The highest BCUT2D eigenvalue weighted by Gasteiger charge is 2.49. The molecular formula is C35H45ClN2O6S. The van der Waals surface area contributed by atoms with E-state index in [4.69, 9.17) is 16.3 Å². The molecule has 2 aromatic rings. The van der Waals surface area contributed by atoms with Crippen LogP contribution in [0.25, 0.3) is 0 Å². The molecule has 2 aliphatic carbocycles. The smallest absolute Gasteiger partial charge is 0.306 e. The molecule has 0 aromatic heterocycles. The molecule has 45 heavy (non-hydrogen) atoms. The van der Waals surface area contributed by atoms with E-state index in [1.807, 2.05) is 32.0 Å². The third kappa shape index (κ3) is 6.20. The zero-order valence-electron chi connectivity index (χ0n) is 26.2. The molecule has 4 aliphatic rings. The molecule has 2 aromatic carbocycles. The molecule has 2 aliphatic heterocycles. The Hall–Kier alpha value is -2.75. The lowest BCUT2D eigenvalue weighted by molar-refractivity contribution is -0.151. The van der Waals surface area contributed by atoms with Gasteiger partial charge in [0.1, 0.15) is 5.75 Å². The van der Waals surface area contributed by atoms with E-state index in [1.165, 1.54) is 11.1 Å². The SMILES string of the molecule is C=S1(=O)NC(=O)c2ccc3c(c2)N(C[C@@H]2CC[C@H]2[C@](O)(CC(=O)O)CCC[C@H](C)[C@H]1C)C[C@@]1(CCCc2cc(Cl)ccc21)CO3. The molecule has 3 N–H and O–H groups in total. The number of amides is 1. The van der Waals surface area contributed by atoms with Gasteiger partial charge in [0.05, 0.1) is 34.0 Å². The Morgan fingerprint density at radius 1 is 1.16 bits per heavy atom. The van der Waals surface area contributed by atoms with Gasteiger partial charge in [-0.05, 0) is 117 Å². The van der Waals surface area contributed by atoms with E-state index < -0.39 is 32.4 Å². The van der Waals surface area contributed by atoms with E-state index in [1.54, 1.807) is 6.07 Å². The highest BCUT2D eigenvalue weighted by atomic mass is 35.5. The lowest BCUT2D eigenvalue weighted by Gasteiger charge is -2.50. The molecule has 1 amide bonds. The molecule has 0 saturated heterocycles. The van der Waals surface area contributed by atoms with E-state index >= 15 is 0 Å². The van der Waals surface area contributed by atoms with Crippen LogP contribution in [-0.4, -0.2) is 62.7 Å². The molecule has 2 bridgehead atoms. The van der Waals surface area contributed by atoms with Gasteiger partial charge >= 0.3 is 5.97 Å². The van der Waals surface area contributed by atoms with Gasteiger partial charge in [-0.25, -0.2) is 4.21 Å². The Bertz CT molecular complexity index is 1600. The summed E-state index contributed by atoms with van der Waals surface area (Å²) in [6, 6.07) is 11.5. The molecule has 244 valence electrons. The van der Waals surface area contributed by atoms with Crippen molar-refractivity contribution >= 4 is 44.7 Å². The first-order valence-electron chi connectivity index (χ1n) is 16.2. The number of nitrogens with one attached hydrogen (secondary N) is 1. The monoisotopic (exact) mass is 656 g/mol. The van der Waals surface area contributed by atoms with Gasteiger partial charge < -0.3 is 19.8 Å². The van der Waals surface area contributed by atoms with Crippen molar-refractivity contribution < 1.29 is 28.7 Å². The third-order valence-corrected chi connectivity index (χ3v) is 13.7. The average molecular weight is 657 g/mol. The number of halogens is 1. The number of aliphatic carboxylic acids is 1. The van der Waals surface area contributed by atoms with Crippen LogP contribution in [0.3, 0.4) is 0 Å². The predicted octanol–water partition coefficient (Wildman–Crippen LogP) is 5.61. The molecule has 6 rings (SSSR count). The normalized spacial score (nSPS) is 35.2. The molecule has 1 spiro atoms. The number of carbonyl (C=O) groups excluding carboxylic acids is 1. The van der Waals surface area contributed by atoms with Crippen molar-refractivity contribution in [3.05, 3.63) is 58.1 Å². The fourth-order valence-electron chi connectivity index (χ4n) is 8.35. The third-order valence-electron chi connectivity index (χ3n) is 11.3. The van der Waals surface area contributed by atoms with Crippen molar-refractivity contribution in [1.29, 1.82) is 0 Å². The van der Waals surface area contributed by atoms with Crippen molar-refractivity contribution in [2.45, 2.75) is 87.9 Å². The Balaban J connectivity index is 1.44. The maximum Gasteiger partial charge on any atom is 0.306 e.